The molecule has 1 aliphatic heterocycles. The molecule has 3 aromatic carbocycles. The molecule has 0 spiro atoms. The molecule has 0 saturated carbocycles. The summed E-state index contributed by atoms with van der Waals surface area (Å²) < 4.78 is 23.1. The number of likely N-dealkylation sites (N-methyl/N-ethyl adjacent to an activating group) is 1. The van der Waals surface area contributed by atoms with Crippen LogP contribution in [0.25, 0.3) is 0 Å². The van der Waals surface area contributed by atoms with Gasteiger partial charge in [-0.3, -0.25) is 29.5 Å². The minimum absolute atomic E-state index is 0.164. The van der Waals surface area contributed by atoms with Gasteiger partial charge in [0.25, 0.3) is 0 Å². The van der Waals surface area contributed by atoms with Crippen LogP contribution in [0, 0.1) is 0 Å². The lowest BCUT2D eigenvalue weighted by Gasteiger charge is -2.42. The van der Waals surface area contributed by atoms with Crippen LogP contribution in [0.2, 0.25) is 0 Å². The van der Waals surface area contributed by atoms with Gasteiger partial charge in [0.05, 0.1) is 56.3 Å². The van der Waals surface area contributed by atoms with E-state index in [4.69, 9.17) is 41.1 Å². The zero-order chi connectivity index (χ0) is 53.8. The molecule has 0 radical (unpaired) electrons. The molecule has 2 amide bonds. The van der Waals surface area contributed by atoms with Crippen LogP contribution in [-0.2, 0) is 30.3 Å². The highest BCUT2D eigenvalue weighted by molar-refractivity contribution is 5.94. The number of pyridine rings is 1. The van der Waals surface area contributed by atoms with Gasteiger partial charge >= 0.3 is 0 Å². The smallest absolute Gasteiger partial charge is 0.234 e. The first kappa shape index (κ1) is 59.8. The summed E-state index contributed by atoms with van der Waals surface area (Å²) in [4.78, 5) is 49.2. The number of amidine groups is 1. The van der Waals surface area contributed by atoms with E-state index in [0.29, 0.717) is 93.7 Å². The maximum absolute atomic E-state index is 12.8. The van der Waals surface area contributed by atoms with Crippen molar-refractivity contribution in [1.29, 1.82) is 0 Å². The third kappa shape index (κ3) is 19.9. The predicted octanol–water partition coefficient (Wildman–Crippen LogP) is 6.60. The van der Waals surface area contributed by atoms with Crippen LogP contribution in [0.5, 0.6) is 5.75 Å². The maximum atomic E-state index is 12.8. The number of primary amides is 1. The van der Waals surface area contributed by atoms with E-state index in [0.717, 1.165) is 87.0 Å². The molecule has 5 rings (SSSR count). The van der Waals surface area contributed by atoms with Gasteiger partial charge in [-0.2, -0.15) is 0 Å². The number of likely N-dealkylation sites (tertiary alicyclic amines) is 1. The average Bonchev–Trinajstić information content (AvgIpc) is 3.42. The Morgan fingerprint density at radius 2 is 1.47 bits per heavy atom. The first-order valence-electron chi connectivity index (χ1n) is 26.3. The summed E-state index contributed by atoms with van der Waals surface area (Å²) in [5, 5.41) is 28.6. The van der Waals surface area contributed by atoms with E-state index in [-0.39, 0.29) is 31.5 Å². The first-order valence-corrected chi connectivity index (χ1v) is 26.3. The number of nitrogens with one attached hydrogen (secondary N) is 2. The molecule has 410 valence electrons. The topological polar surface area (TPSA) is 266 Å². The van der Waals surface area contributed by atoms with Crippen LogP contribution in [0.15, 0.2) is 96.2 Å². The molecule has 0 bridgehead atoms. The van der Waals surface area contributed by atoms with Crippen LogP contribution in [0.1, 0.15) is 117 Å². The number of aliphatic imine (C=N–C) groups is 1. The van der Waals surface area contributed by atoms with E-state index in [1.807, 2.05) is 67.6 Å². The van der Waals surface area contributed by atoms with Crippen molar-refractivity contribution in [2.75, 3.05) is 95.7 Å². The monoisotopic (exact) mass is 1040 g/mol. The molecule has 1 aliphatic rings. The Morgan fingerprint density at radius 1 is 0.840 bits per heavy atom. The van der Waals surface area contributed by atoms with Crippen molar-refractivity contribution in [3.8, 4) is 5.75 Å². The van der Waals surface area contributed by atoms with Crippen molar-refractivity contribution in [2.45, 2.75) is 108 Å². The number of hydrogen-bond donors (Lipinski definition) is 7. The highest BCUT2D eigenvalue weighted by atomic mass is 16.5. The third-order valence-corrected chi connectivity index (χ3v) is 13.6. The molecule has 19 nitrogen and oxygen atoms in total. The summed E-state index contributed by atoms with van der Waals surface area (Å²) in [5.41, 5.74) is 22.9. The van der Waals surface area contributed by atoms with Crippen molar-refractivity contribution in [2.24, 2.45) is 22.2 Å². The van der Waals surface area contributed by atoms with Gasteiger partial charge in [0.2, 0.25) is 11.8 Å². The minimum atomic E-state index is -0.713. The number of nitrogens with zero attached hydrogens (tertiary/aromatic N) is 5. The van der Waals surface area contributed by atoms with Crippen molar-refractivity contribution in [3.05, 3.63) is 114 Å². The van der Waals surface area contributed by atoms with Gasteiger partial charge in [0, 0.05) is 80.8 Å². The number of anilines is 3. The number of ether oxygens (including phenoxy) is 4. The average molecular weight is 1040 g/mol. The van der Waals surface area contributed by atoms with Gasteiger partial charge in [-0.1, -0.05) is 43.2 Å². The van der Waals surface area contributed by atoms with E-state index in [9.17, 15) is 24.7 Å². The number of hydrogen-bond acceptors (Lipinski definition) is 16. The number of carbonyl (C=O) groups excluding carboxylic acids is 3. The Balaban J connectivity index is 0.873. The van der Waals surface area contributed by atoms with Crippen LogP contribution in [-0.4, -0.2) is 141 Å². The second-order valence-electron chi connectivity index (χ2n) is 19.2. The number of aliphatic hydroxyl groups is 1. The number of unbranched alkanes of at least 4 members (excludes halogenated alkanes) is 5. The fourth-order valence-electron chi connectivity index (χ4n) is 8.91. The fourth-order valence-corrected chi connectivity index (χ4v) is 8.91. The Hall–Kier alpha value is -6.03. The fraction of sp³-hybridized carbons (Fsp3) is 0.518. The molecular weight excluding hydrogens is 957 g/mol. The molecule has 4 aromatic rings. The number of piperidine rings is 1. The summed E-state index contributed by atoms with van der Waals surface area (Å²) in [7, 11) is 3.79. The number of rotatable bonds is 36. The quantitative estimate of drug-likeness (QED) is 0.00832. The summed E-state index contributed by atoms with van der Waals surface area (Å²) in [6.45, 7) is 7.49. The molecule has 1 fully saturated rings. The number of carbonyl (C=O) groups is 3. The standard InChI is InChI=1S/C56H82N10O9/c1-42(66(71)47-15-12-14-46(39-47)63-56(25-29-64(2)30-26-56)55(59)62-53(57)44-22-27-60-28-23-44)43-18-20-48(21-19-43)75-34-10-5-4-8-32-72-35-37-74-38-36-73-33-9-6-7-17-52(69)61-50-16-11-13-45(41-68)49(50)40-65(3)51(24-31-67)54(58)70/h11-16,18-23,27-28,39,41-42,51,53,63,67,71H,4-10,17,24-26,29-38,40,57H2,1-3H3,(H2,58,70)(H2,59,62)(H,61,69)/t42-,51?,53?/m1/s1. The molecule has 2 heterocycles. The van der Waals surface area contributed by atoms with Crippen LogP contribution >= 0.6 is 0 Å². The summed E-state index contributed by atoms with van der Waals surface area (Å²) >= 11 is 0. The summed E-state index contributed by atoms with van der Waals surface area (Å²) in [6.07, 6.45) is 11.8. The first-order chi connectivity index (χ1) is 36.3. The molecule has 0 aliphatic carbocycles. The molecule has 2 unspecified atom stereocenters. The number of nitrogens with two attached hydrogens (primary N) is 3. The zero-order valence-corrected chi connectivity index (χ0v) is 44.2. The van der Waals surface area contributed by atoms with Gasteiger partial charge in [0.1, 0.15) is 24.0 Å². The summed E-state index contributed by atoms with van der Waals surface area (Å²) in [6, 6.07) is 23.3. The molecule has 3 atom stereocenters. The number of amides is 2. The largest absolute Gasteiger partial charge is 0.494 e. The van der Waals surface area contributed by atoms with Crippen LogP contribution in [0.4, 0.5) is 17.1 Å². The van der Waals surface area contributed by atoms with Gasteiger partial charge in [-0.15, -0.1) is 0 Å². The number of aliphatic hydroxyl groups excluding tert-OH is 1. The van der Waals surface area contributed by atoms with Gasteiger partial charge in [-0.25, -0.2) is 10.1 Å². The van der Waals surface area contributed by atoms with Crippen molar-refractivity contribution >= 4 is 41.0 Å². The number of hydroxylamine groups is 1. The van der Waals surface area contributed by atoms with Crippen molar-refractivity contribution < 1.29 is 43.6 Å². The minimum Gasteiger partial charge on any atom is -0.494 e. The van der Waals surface area contributed by atoms with E-state index in [2.05, 4.69) is 27.6 Å². The Bertz CT molecular complexity index is 2340. The lowest BCUT2D eigenvalue weighted by molar-refractivity contribution is -0.123. The number of benzene rings is 3. The second kappa shape index (κ2) is 32.4. The van der Waals surface area contributed by atoms with Crippen molar-refractivity contribution in [3.63, 3.8) is 0 Å². The van der Waals surface area contributed by atoms with E-state index >= 15 is 0 Å². The Labute approximate surface area is 443 Å². The zero-order valence-electron chi connectivity index (χ0n) is 44.2. The molecule has 1 saturated heterocycles. The lowest BCUT2D eigenvalue weighted by Crippen LogP contribution is -2.57. The maximum Gasteiger partial charge on any atom is 0.234 e. The van der Waals surface area contributed by atoms with Gasteiger partial charge in [0.15, 0.2) is 0 Å². The van der Waals surface area contributed by atoms with Crippen LogP contribution < -0.4 is 37.6 Å². The highest BCUT2D eigenvalue weighted by Gasteiger charge is 2.38. The van der Waals surface area contributed by atoms with E-state index in [1.54, 1.807) is 42.5 Å². The predicted molar refractivity (Wildman–Crippen MR) is 293 cm³/mol. The Morgan fingerprint density at radius 3 is 2.11 bits per heavy atom. The highest BCUT2D eigenvalue weighted by Crippen LogP contribution is 2.33. The van der Waals surface area contributed by atoms with E-state index < -0.39 is 23.7 Å². The second-order valence-corrected chi connectivity index (χ2v) is 19.2. The molecule has 10 N–H and O–H groups in total. The van der Waals surface area contributed by atoms with Gasteiger partial charge < -0.3 is 56.8 Å². The van der Waals surface area contributed by atoms with Crippen LogP contribution in [0.3, 0.4) is 0 Å². The SMILES string of the molecule is C[C@H](c1ccc(OCCCCCCOCCOCCOCCCCCC(=O)Nc2cccc(C=O)c2CN(C)C(CCO)C(N)=O)cc1)N(O)c1cccc(NC2(/C(N)=N/C(N)c3ccncc3)CCN(C)CC2)c1. The number of aldehydes is 1. The Kier molecular flexibility index (Phi) is 25.9. The molecule has 75 heavy (non-hydrogen) atoms. The number of aromatic nitrogens is 1. The summed E-state index contributed by atoms with van der Waals surface area (Å²) in [5.74, 6) is 0.499. The van der Waals surface area contributed by atoms with E-state index in [1.165, 1.54) is 5.06 Å². The van der Waals surface area contributed by atoms with Crippen molar-refractivity contribution in [1.82, 2.24) is 14.8 Å². The third-order valence-electron chi connectivity index (χ3n) is 13.6. The lowest BCUT2D eigenvalue weighted by atomic mass is 9.85. The van der Waals surface area contributed by atoms with Gasteiger partial charge in [-0.05, 0) is 132 Å². The normalized spacial score (nSPS) is 15.0. The molecular formula is C56H82N10O9. The molecule has 1 aromatic heterocycles. The molecule has 19 heteroatoms.